The molecule has 0 fully saturated rings. The molecule has 0 atom stereocenters. The molecule has 0 aliphatic rings. The van der Waals surface area contributed by atoms with Gasteiger partial charge in [-0.2, -0.15) is 29.7 Å². The van der Waals surface area contributed by atoms with Gasteiger partial charge in [0.05, 0.1) is 0 Å². The molecule has 0 heterocycles. The summed E-state index contributed by atoms with van der Waals surface area (Å²) in [5, 5.41) is 7.92. The second kappa shape index (κ2) is 11.4. The van der Waals surface area contributed by atoms with Crippen molar-refractivity contribution >= 4 is 32.3 Å². The Balaban J connectivity index is 0.000000244. The summed E-state index contributed by atoms with van der Waals surface area (Å²) < 4.78 is 0. The average Bonchev–Trinajstić information content (AvgIpc) is 3.43. The van der Waals surface area contributed by atoms with E-state index in [4.69, 9.17) is 0 Å². The predicted molar refractivity (Wildman–Crippen MR) is 122 cm³/mol. The standard InChI is InChI=1S/C19H13.C9H7.2ClH.Zr/c1-2-10-16-14(6-1)8-4-12-18(16)19-13-5-9-15-7-3-11-17(15)19;1-2-5-9-7-3-6-8(9)4-1;;;/h1-13H;1-7H;2*1H;/q2*-1;;;+4/p-2. The molecule has 0 amide bonds. The predicted octanol–water partition coefficient (Wildman–Crippen LogP) is 1.94. The fourth-order valence-electron chi connectivity index (χ4n) is 3.93. The van der Waals surface area contributed by atoms with Gasteiger partial charge in [0, 0.05) is 0 Å². The molecule has 0 bridgehead atoms. The van der Waals surface area contributed by atoms with Crippen LogP contribution in [0.25, 0.3) is 43.4 Å². The van der Waals surface area contributed by atoms with Crippen LogP contribution in [0.3, 0.4) is 0 Å². The molecule has 0 saturated heterocycles. The Kier molecular flexibility index (Phi) is 9.26. The summed E-state index contributed by atoms with van der Waals surface area (Å²) in [6.45, 7) is 0. The molecule has 0 aliphatic heterocycles. The number of hydrogen-bond donors (Lipinski definition) is 0. The zero-order valence-corrected chi connectivity index (χ0v) is 20.8. The van der Waals surface area contributed by atoms with Crippen LogP contribution in [0.2, 0.25) is 0 Å². The van der Waals surface area contributed by atoms with Crippen molar-refractivity contribution in [2.45, 2.75) is 0 Å². The maximum Gasteiger partial charge on any atom is 4.00 e. The Morgan fingerprint density at radius 3 is 1.77 bits per heavy atom. The van der Waals surface area contributed by atoms with Gasteiger partial charge in [0.15, 0.2) is 0 Å². The number of halogens is 2. The summed E-state index contributed by atoms with van der Waals surface area (Å²) in [4.78, 5) is 0. The SMILES string of the molecule is [Cl-].[Cl-].[Zr+4].c1ccc2[cH-]ccc2c1.c1ccc2c(-c3cccc4[cH-]ccc34)cccc2c1. The van der Waals surface area contributed by atoms with E-state index in [1.54, 1.807) is 0 Å². The van der Waals surface area contributed by atoms with Crippen LogP contribution >= 0.6 is 0 Å². The summed E-state index contributed by atoms with van der Waals surface area (Å²) in [6, 6.07) is 42.8. The molecule has 6 aromatic carbocycles. The third kappa shape index (κ3) is 5.18. The zero-order valence-electron chi connectivity index (χ0n) is 16.8. The zero-order chi connectivity index (χ0) is 18.8. The maximum absolute atomic E-state index is 2.21. The molecule has 31 heavy (non-hydrogen) atoms. The second-order valence-electron chi connectivity index (χ2n) is 7.02. The van der Waals surface area contributed by atoms with Crippen LogP contribution in [0.1, 0.15) is 0 Å². The number of hydrogen-bond acceptors (Lipinski definition) is 0. The minimum Gasteiger partial charge on any atom is -1.00 e. The quantitative estimate of drug-likeness (QED) is 0.292. The molecule has 0 aliphatic carbocycles. The van der Waals surface area contributed by atoms with Gasteiger partial charge in [0.1, 0.15) is 0 Å². The molecule has 0 spiro atoms. The van der Waals surface area contributed by atoms with Gasteiger partial charge >= 0.3 is 26.2 Å². The van der Waals surface area contributed by atoms with Crippen molar-refractivity contribution in [3.8, 4) is 11.1 Å². The summed E-state index contributed by atoms with van der Waals surface area (Å²) in [5.41, 5.74) is 2.63. The van der Waals surface area contributed by atoms with Crippen LogP contribution in [0.5, 0.6) is 0 Å². The van der Waals surface area contributed by atoms with Gasteiger partial charge < -0.3 is 24.8 Å². The first-order chi connectivity index (χ1) is 13.9. The summed E-state index contributed by atoms with van der Waals surface area (Å²) in [6.07, 6.45) is 0. The van der Waals surface area contributed by atoms with E-state index in [1.165, 1.54) is 43.4 Å². The second-order valence-corrected chi connectivity index (χ2v) is 7.02. The fraction of sp³-hybridized carbons (Fsp3) is 0. The van der Waals surface area contributed by atoms with Crippen LogP contribution in [0, 0.1) is 0 Å². The van der Waals surface area contributed by atoms with Crippen LogP contribution in [-0.4, -0.2) is 0 Å². The molecular formula is C28H20Cl2Zr. The van der Waals surface area contributed by atoms with Gasteiger partial charge in [-0.1, -0.05) is 60.2 Å². The van der Waals surface area contributed by atoms with E-state index >= 15 is 0 Å². The first-order valence-corrected chi connectivity index (χ1v) is 9.63. The van der Waals surface area contributed by atoms with Crippen LogP contribution in [0.4, 0.5) is 0 Å². The van der Waals surface area contributed by atoms with Gasteiger partial charge in [-0.25, -0.2) is 0 Å². The van der Waals surface area contributed by atoms with E-state index in [0.717, 1.165) is 0 Å². The molecule has 6 rings (SSSR count). The van der Waals surface area contributed by atoms with E-state index in [1.807, 2.05) is 0 Å². The molecule has 0 N–H and O–H groups in total. The fourth-order valence-corrected chi connectivity index (χ4v) is 3.93. The summed E-state index contributed by atoms with van der Waals surface area (Å²) >= 11 is 0. The van der Waals surface area contributed by atoms with Gasteiger partial charge in [0.25, 0.3) is 0 Å². The largest absolute Gasteiger partial charge is 4.00 e. The van der Waals surface area contributed by atoms with Gasteiger partial charge in [0.2, 0.25) is 0 Å². The normalized spacial score (nSPS) is 9.81. The van der Waals surface area contributed by atoms with Crippen molar-refractivity contribution in [3.05, 3.63) is 121 Å². The first kappa shape index (κ1) is 25.1. The van der Waals surface area contributed by atoms with E-state index in [9.17, 15) is 0 Å². The van der Waals surface area contributed by atoms with Crippen molar-refractivity contribution in [1.29, 1.82) is 0 Å². The summed E-state index contributed by atoms with van der Waals surface area (Å²) in [5.74, 6) is 0. The van der Waals surface area contributed by atoms with Crippen LogP contribution in [-0.2, 0) is 26.2 Å². The van der Waals surface area contributed by atoms with Crippen molar-refractivity contribution < 1.29 is 51.0 Å². The Morgan fingerprint density at radius 1 is 0.419 bits per heavy atom. The van der Waals surface area contributed by atoms with Crippen LogP contribution in [0.15, 0.2) is 121 Å². The van der Waals surface area contributed by atoms with Gasteiger partial charge in [-0.05, 0) is 16.3 Å². The van der Waals surface area contributed by atoms with Crippen molar-refractivity contribution in [1.82, 2.24) is 0 Å². The molecule has 150 valence electrons. The molecule has 0 unspecified atom stereocenters. The first-order valence-electron chi connectivity index (χ1n) is 9.63. The third-order valence-electron chi connectivity index (χ3n) is 5.31. The average molecular weight is 519 g/mol. The minimum absolute atomic E-state index is 0. The molecular weight excluding hydrogens is 498 g/mol. The number of fused-ring (bicyclic) bond motifs is 3. The molecule has 0 nitrogen and oxygen atoms in total. The smallest absolute Gasteiger partial charge is 1.00 e. The number of rotatable bonds is 1. The molecule has 6 aromatic rings. The monoisotopic (exact) mass is 516 g/mol. The summed E-state index contributed by atoms with van der Waals surface area (Å²) in [7, 11) is 0. The molecule has 0 radical (unpaired) electrons. The minimum atomic E-state index is 0. The van der Waals surface area contributed by atoms with E-state index in [0.29, 0.717) is 0 Å². The van der Waals surface area contributed by atoms with Crippen LogP contribution < -0.4 is 24.8 Å². The van der Waals surface area contributed by atoms with Gasteiger partial charge in [-0.3, -0.25) is 0 Å². The molecule has 0 aromatic heterocycles. The topological polar surface area (TPSA) is 0 Å². The van der Waals surface area contributed by atoms with E-state index in [-0.39, 0.29) is 51.0 Å². The third-order valence-corrected chi connectivity index (χ3v) is 5.31. The van der Waals surface area contributed by atoms with Gasteiger partial charge in [-0.15, -0.1) is 58.6 Å². The van der Waals surface area contributed by atoms with E-state index < -0.39 is 0 Å². The van der Waals surface area contributed by atoms with Crippen molar-refractivity contribution in [3.63, 3.8) is 0 Å². The molecule has 0 saturated carbocycles. The Labute approximate surface area is 214 Å². The van der Waals surface area contributed by atoms with Crippen molar-refractivity contribution in [2.75, 3.05) is 0 Å². The Hall–Kier alpha value is -2.18. The maximum atomic E-state index is 2.21. The Bertz CT molecular complexity index is 1340. The Morgan fingerprint density at radius 2 is 0.968 bits per heavy atom. The number of benzene rings is 4. The van der Waals surface area contributed by atoms with Crippen molar-refractivity contribution in [2.24, 2.45) is 0 Å². The van der Waals surface area contributed by atoms with E-state index in [2.05, 4.69) is 121 Å². The molecule has 3 heteroatoms.